The van der Waals surface area contributed by atoms with Crippen molar-refractivity contribution in [1.29, 1.82) is 0 Å². The predicted molar refractivity (Wildman–Crippen MR) is 352 cm³/mol. The second-order valence-corrected chi connectivity index (χ2v) is 22.6. The molecule has 0 aromatic heterocycles. The zero-order valence-corrected chi connectivity index (χ0v) is 53.5. The van der Waals surface area contributed by atoms with Crippen LogP contribution in [0.1, 0.15) is 245 Å². The summed E-state index contributed by atoms with van der Waals surface area (Å²) in [5.74, 6) is -2.31. The van der Waals surface area contributed by atoms with E-state index in [1.165, 1.54) is 77.0 Å². The van der Waals surface area contributed by atoms with Crippen LogP contribution in [0.5, 0.6) is 0 Å². The summed E-state index contributed by atoms with van der Waals surface area (Å²) in [6.45, 7) is 4.50. The average Bonchev–Trinajstić information content (AvgIpc) is 3.46. The van der Waals surface area contributed by atoms with Crippen LogP contribution in [0.4, 0.5) is 0 Å². The first-order chi connectivity index (χ1) is 40.6. The van der Waals surface area contributed by atoms with E-state index in [-0.39, 0.29) is 38.6 Å². The van der Waals surface area contributed by atoms with Gasteiger partial charge in [-0.15, -0.1) is 0 Å². The molecule has 0 saturated carbocycles. The highest BCUT2D eigenvalue weighted by Gasteiger charge is 2.22. The van der Waals surface area contributed by atoms with Crippen molar-refractivity contribution in [2.75, 3.05) is 47.5 Å². The SMILES string of the molecule is CC/C=C\C/C=C\C/C=C\C/C=C\C/C=C\C/C=C\C/C=C\C/C=C\CCCCCCCCC(=O)OC(COC(=O)CCCCCCCCCCCCCCCC/C=C\C/C=C\C/C=C\C/C=C\CC)COC(OCC[N+](C)(C)C)C(=O)[O-]. The monoisotopic (exact) mass is 1150 g/mol. The molecular weight excluding hydrogens is 1030 g/mol. The Kier molecular flexibility index (Phi) is 59.5. The molecule has 0 amide bonds. The number of carbonyl (C=O) groups is 3. The molecule has 0 aromatic carbocycles. The molecule has 0 radical (unpaired) electrons. The Bertz CT molecular complexity index is 1870. The summed E-state index contributed by atoms with van der Waals surface area (Å²) in [5, 5.41) is 11.8. The molecule has 0 aliphatic rings. The lowest BCUT2D eigenvalue weighted by Gasteiger charge is -2.26. The Morgan fingerprint density at radius 1 is 0.361 bits per heavy atom. The van der Waals surface area contributed by atoms with Crippen LogP contribution in [0.15, 0.2) is 146 Å². The predicted octanol–water partition coefficient (Wildman–Crippen LogP) is 19.0. The molecule has 0 fully saturated rings. The maximum atomic E-state index is 12.9. The lowest BCUT2D eigenvalue weighted by molar-refractivity contribution is -0.870. The van der Waals surface area contributed by atoms with Crippen molar-refractivity contribution in [3.05, 3.63) is 146 Å². The van der Waals surface area contributed by atoms with Gasteiger partial charge >= 0.3 is 11.9 Å². The molecule has 0 heterocycles. The molecule has 0 N–H and O–H groups in total. The van der Waals surface area contributed by atoms with E-state index in [1.807, 2.05) is 21.1 Å². The van der Waals surface area contributed by atoms with E-state index in [0.29, 0.717) is 17.4 Å². The molecule has 470 valence electrons. The first kappa shape index (κ1) is 78.2. The average molecular weight is 1150 g/mol. The van der Waals surface area contributed by atoms with Crippen molar-refractivity contribution >= 4 is 17.9 Å². The number of esters is 2. The molecular formula is C74H121NO8. The molecule has 0 saturated heterocycles. The number of nitrogens with zero attached hydrogens (tertiary/aromatic N) is 1. The summed E-state index contributed by atoms with van der Waals surface area (Å²) in [6, 6.07) is 0. The molecule has 0 rings (SSSR count). The summed E-state index contributed by atoms with van der Waals surface area (Å²) in [5.41, 5.74) is 0. The van der Waals surface area contributed by atoms with Crippen molar-refractivity contribution in [3.63, 3.8) is 0 Å². The summed E-state index contributed by atoms with van der Waals surface area (Å²) in [4.78, 5) is 37.5. The van der Waals surface area contributed by atoms with E-state index in [2.05, 4.69) is 160 Å². The smallest absolute Gasteiger partial charge is 0.306 e. The molecule has 0 aliphatic heterocycles. The highest BCUT2D eigenvalue weighted by atomic mass is 16.7. The number of quaternary nitrogens is 1. The summed E-state index contributed by atoms with van der Waals surface area (Å²) < 4.78 is 22.8. The van der Waals surface area contributed by atoms with Gasteiger partial charge in [-0.2, -0.15) is 0 Å². The van der Waals surface area contributed by atoms with Crippen LogP contribution in [0, 0.1) is 0 Å². The van der Waals surface area contributed by atoms with Gasteiger partial charge in [0.15, 0.2) is 12.4 Å². The highest BCUT2D eigenvalue weighted by Crippen LogP contribution is 2.16. The summed E-state index contributed by atoms with van der Waals surface area (Å²) in [6.07, 6.45) is 89.1. The highest BCUT2D eigenvalue weighted by molar-refractivity contribution is 5.70. The molecule has 9 nitrogen and oxygen atoms in total. The number of carbonyl (C=O) groups excluding carboxylic acids is 3. The van der Waals surface area contributed by atoms with E-state index in [1.54, 1.807) is 0 Å². The van der Waals surface area contributed by atoms with Gasteiger partial charge < -0.3 is 33.3 Å². The van der Waals surface area contributed by atoms with Crippen LogP contribution < -0.4 is 5.11 Å². The van der Waals surface area contributed by atoms with Gasteiger partial charge in [-0.1, -0.05) is 262 Å². The summed E-state index contributed by atoms with van der Waals surface area (Å²) in [7, 11) is 5.91. The van der Waals surface area contributed by atoms with E-state index < -0.39 is 24.3 Å². The fourth-order valence-corrected chi connectivity index (χ4v) is 8.60. The number of rotatable bonds is 59. The fraction of sp³-hybridized carbons (Fsp3) is 0.635. The van der Waals surface area contributed by atoms with Crippen molar-refractivity contribution < 1.29 is 42.9 Å². The first-order valence-electron chi connectivity index (χ1n) is 33.0. The molecule has 0 aromatic rings. The van der Waals surface area contributed by atoms with Gasteiger partial charge in [0.05, 0.1) is 40.3 Å². The second-order valence-electron chi connectivity index (χ2n) is 22.6. The molecule has 2 unspecified atom stereocenters. The molecule has 0 spiro atoms. The van der Waals surface area contributed by atoms with Crippen LogP contribution in [-0.2, 0) is 33.3 Å². The minimum absolute atomic E-state index is 0.137. The number of hydrogen-bond acceptors (Lipinski definition) is 8. The fourth-order valence-electron chi connectivity index (χ4n) is 8.60. The van der Waals surface area contributed by atoms with E-state index >= 15 is 0 Å². The van der Waals surface area contributed by atoms with Gasteiger partial charge in [0, 0.05) is 12.8 Å². The Morgan fingerprint density at radius 2 is 0.651 bits per heavy atom. The number of carboxylic acids is 1. The maximum absolute atomic E-state index is 12.9. The largest absolute Gasteiger partial charge is 0.545 e. The van der Waals surface area contributed by atoms with Crippen molar-refractivity contribution in [2.45, 2.75) is 257 Å². The van der Waals surface area contributed by atoms with Gasteiger partial charge in [0.2, 0.25) is 0 Å². The van der Waals surface area contributed by atoms with Crippen LogP contribution in [0.25, 0.3) is 0 Å². The topological polar surface area (TPSA) is 111 Å². The third-order valence-electron chi connectivity index (χ3n) is 13.6. The number of unbranched alkanes of at least 4 members (excludes halogenated alkanes) is 20. The van der Waals surface area contributed by atoms with Crippen molar-refractivity contribution in [3.8, 4) is 0 Å². The van der Waals surface area contributed by atoms with Gasteiger partial charge in [0.1, 0.15) is 13.2 Å². The molecule has 0 bridgehead atoms. The number of carboxylic acid groups (broad SMARTS) is 1. The molecule has 2 atom stereocenters. The Labute approximate surface area is 509 Å². The second kappa shape index (κ2) is 63.2. The van der Waals surface area contributed by atoms with Crippen LogP contribution >= 0.6 is 0 Å². The first-order valence-corrected chi connectivity index (χ1v) is 33.0. The quantitative estimate of drug-likeness (QED) is 0.0195. The van der Waals surface area contributed by atoms with Gasteiger partial charge in [-0.3, -0.25) is 9.59 Å². The zero-order chi connectivity index (χ0) is 60.5. The minimum atomic E-state index is -1.64. The third kappa shape index (κ3) is 64.6. The standard InChI is InChI=1S/C74H121NO8/c1-6-8-10-12-14-16-18-20-22-24-26-28-30-32-34-35-36-37-39-41-43-45-47-49-51-53-55-57-59-61-63-65-72(77)83-70(69-82-74(73(78)79)80-67-66-75(3,4)5)68-81-71(76)64-62-60-58-56-54-52-50-48-46-44-42-40-38-33-31-29-27-25-23-21-19-17-15-13-11-9-7-2/h8-11,14-17,20-23,26-29,32,34,36-37,41,43,47,49,70,74H,6-7,12-13,18-19,24-25,30-31,33,35,38-40,42,44-46,48,50-69H2,1-5H3/b10-8-,11-9-,16-14-,17-15-,22-20-,23-21-,28-26-,29-27-,34-32-,37-36-,43-41-,49-47-. The Morgan fingerprint density at radius 3 is 0.964 bits per heavy atom. The third-order valence-corrected chi connectivity index (χ3v) is 13.6. The molecule has 83 heavy (non-hydrogen) atoms. The van der Waals surface area contributed by atoms with E-state index in [9.17, 15) is 19.5 Å². The lowest BCUT2D eigenvalue weighted by atomic mass is 10.0. The van der Waals surface area contributed by atoms with Gasteiger partial charge in [-0.25, -0.2) is 0 Å². The number of likely N-dealkylation sites (N-methyl/N-ethyl adjacent to an activating group) is 1. The lowest BCUT2D eigenvalue weighted by Crippen LogP contribution is -2.44. The minimum Gasteiger partial charge on any atom is -0.545 e. The number of aliphatic carboxylic acids is 1. The normalized spacial score (nSPS) is 13.7. The Balaban J connectivity index is 4.24. The molecule has 9 heteroatoms. The molecule has 0 aliphatic carbocycles. The van der Waals surface area contributed by atoms with Gasteiger partial charge in [-0.05, 0) is 116 Å². The zero-order valence-electron chi connectivity index (χ0n) is 53.5. The van der Waals surface area contributed by atoms with Crippen LogP contribution in [0.2, 0.25) is 0 Å². The maximum Gasteiger partial charge on any atom is 0.306 e. The van der Waals surface area contributed by atoms with Crippen molar-refractivity contribution in [1.82, 2.24) is 0 Å². The summed E-state index contributed by atoms with van der Waals surface area (Å²) >= 11 is 0. The van der Waals surface area contributed by atoms with E-state index in [0.717, 1.165) is 135 Å². The van der Waals surface area contributed by atoms with E-state index in [4.69, 9.17) is 18.9 Å². The number of ether oxygens (including phenoxy) is 4. The Hall–Kier alpha value is -4.83. The number of hydrogen-bond donors (Lipinski definition) is 0. The van der Waals surface area contributed by atoms with Crippen LogP contribution in [0.3, 0.4) is 0 Å². The van der Waals surface area contributed by atoms with Gasteiger partial charge in [0.25, 0.3) is 0 Å². The van der Waals surface area contributed by atoms with Crippen molar-refractivity contribution in [2.24, 2.45) is 0 Å². The van der Waals surface area contributed by atoms with Crippen LogP contribution in [-0.4, -0.2) is 82.3 Å². The number of allylic oxidation sites excluding steroid dienone is 24.